The Morgan fingerprint density at radius 2 is 1.94 bits per heavy atom. The van der Waals surface area contributed by atoms with E-state index in [1.165, 1.54) is 41.7 Å². The van der Waals surface area contributed by atoms with Crippen LogP contribution in [-0.4, -0.2) is 23.8 Å². The molecule has 0 atom stereocenters. The standard InChI is InChI=1S/C14H18BrNO/c15-12-9-11(10-14(17)5-6-14)3-4-13(12)16-7-1-2-8-16/h3-4,9,17H,1-2,5-8,10H2. The zero-order valence-electron chi connectivity index (χ0n) is 9.95. The van der Waals surface area contributed by atoms with Crippen LogP contribution in [-0.2, 0) is 6.42 Å². The van der Waals surface area contributed by atoms with Crippen LogP contribution in [0.3, 0.4) is 0 Å². The van der Waals surface area contributed by atoms with Gasteiger partial charge in [-0.1, -0.05) is 6.07 Å². The van der Waals surface area contributed by atoms with Crippen molar-refractivity contribution < 1.29 is 5.11 Å². The molecular formula is C14H18BrNO. The maximum atomic E-state index is 9.93. The summed E-state index contributed by atoms with van der Waals surface area (Å²) in [4.78, 5) is 2.43. The Balaban J connectivity index is 1.78. The highest BCUT2D eigenvalue weighted by Crippen LogP contribution is 2.39. The minimum absolute atomic E-state index is 0.394. The van der Waals surface area contributed by atoms with E-state index >= 15 is 0 Å². The number of rotatable bonds is 3. The van der Waals surface area contributed by atoms with Crippen molar-refractivity contribution in [3.05, 3.63) is 28.2 Å². The topological polar surface area (TPSA) is 23.5 Å². The second-order valence-corrected chi connectivity index (χ2v) is 6.24. The lowest BCUT2D eigenvalue weighted by Crippen LogP contribution is -2.18. The molecule has 2 aliphatic rings. The maximum Gasteiger partial charge on any atom is 0.0690 e. The Kier molecular flexibility index (Phi) is 2.91. The molecule has 1 aromatic carbocycles. The molecule has 3 heteroatoms. The highest BCUT2D eigenvalue weighted by molar-refractivity contribution is 9.10. The number of benzene rings is 1. The molecule has 1 aromatic rings. The normalized spacial score (nSPS) is 21.9. The molecular weight excluding hydrogens is 278 g/mol. The van der Waals surface area contributed by atoms with Gasteiger partial charge < -0.3 is 10.0 Å². The molecule has 1 aliphatic carbocycles. The van der Waals surface area contributed by atoms with E-state index in [9.17, 15) is 5.11 Å². The molecule has 2 nitrogen and oxygen atoms in total. The number of anilines is 1. The summed E-state index contributed by atoms with van der Waals surface area (Å²) in [5.41, 5.74) is 2.14. The lowest BCUT2D eigenvalue weighted by molar-refractivity contribution is 0.151. The zero-order chi connectivity index (χ0) is 11.9. The molecule has 0 spiro atoms. The van der Waals surface area contributed by atoms with Crippen molar-refractivity contribution in [2.75, 3.05) is 18.0 Å². The van der Waals surface area contributed by atoms with Gasteiger partial charge in [-0.25, -0.2) is 0 Å². The Morgan fingerprint density at radius 1 is 1.24 bits per heavy atom. The van der Waals surface area contributed by atoms with Crippen LogP contribution in [0.4, 0.5) is 5.69 Å². The van der Waals surface area contributed by atoms with E-state index in [0.717, 1.165) is 19.3 Å². The lowest BCUT2D eigenvalue weighted by atomic mass is 10.1. The van der Waals surface area contributed by atoms with Crippen LogP contribution in [0, 0.1) is 0 Å². The highest BCUT2D eigenvalue weighted by Gasteiger charge is 2.40. The number of hydrogen-bond donors (Lipinski definition) is 1. The first-order valence-corrected chi connectivity index (χ1v) is 7.21. The third-order valence-corrected chi connectivity index (χ3v) is 4.45. The van der Waals surface area contributed by atoms with Gasteiger partial charge in [-0.15, -0.1) is 0 Å². The molecule has 2 fully saturated rings. The first-order valence-electron chi connectivity index (χ1n) is 6.42. The predicted molar refractivity (Wildman–Crippen MR) is 73.5 cm³/mol. The van der Waals surface area contributed by atoms with Crippen LogP contribution in [0.2, 0.25) is 0 Å². The first kappa shape index (κ1) is 11.5. The van der Waals surface area contributed by atoms with Crippen LogP contribution >= 0.6 is 15.9 Å². The minimum Gasteiger partial charge on any atom is -0.390 e. The summed E-state index contributed by atoms with van der Waals surface area (Å²) in [6.07, 6.45) is 5.31. The van der Waals surface area contributed by atoms with E-state index < -0.39 is 5.60 Å². The molecule has 3 rings (SSSR count). The van der Waals surface area contributed by atoms with Crippen LogP contribution in [0.1, 0.15) is 31.2 Å². The fraction of sp³-hybridized carbons (Fsp3) is 0.571. The highest BCUT2D eigenvalue weighted by atomic mass is 79.9. The molecule has 1 saturated carbocycles. The molecule has 17 heavy (non-hydrogen) atoms. The van der Waals surface area contributed by atoms with Crippen molar-refractivity contribution in [1.29, 1.82) is 0 Å². The SMILES string of the molecule is OC1(Cc2ccc(N3CCCC3)c(Br)c2)CC1. The number of halogens is 1. The Hall–Kier alpha value is -0.540. The van der Waals surface area contributed by atoms with Crippen molar-refractivity contribution in [3.8, 4) is 0 Å². The molecule has 0 unspecified atom stereocenters. The van der Waals surface area contributed by atoms with Gasteiger partial charge in [-0.05, 0) is 59.3 Å². The summed E-state index contributed by atoms with van der Waals surface area (Å²) in [6.45, 7) is 2.34. The van der Waals surface area contributed by atoms with Crippen molar-refractivity contribution in [2.24, 2.45) is 0 Å². The minimum atomic E-state index is -0.394. The number of hydrogen-bond acceptors (Lipinski definition) is 2. The van der Waals surface area contributed by atoms with Crippen molar-refractivity contribution in [1.82, 2.24) is 0 Å². The van der Waals surface area contributed by atoms with E-state index in [1.54, 1.807) is 0 Å². The molecule has 1 saturated heterocycles. The molecule has 0 radical (unpaired) electrons. The van der Waals surface area contributed by atoms with Gasteiger partial charge in [-0.3, -0.25) is 0 Å². The van der Waals surface area contributed by atoms with Crippen LogP contribution in [0.5, 0.6) is 0 Å². The van der Waals surface area contributed by atoms with Crippen LogP contribution in [0.15, 0.2) is 22.7 Å². The van der Waals surface area contributed by atoms with Gasteiger partial charge in [0.15, 0.2) is 0 Å². The average molecular weight is 296 g/mol. The third kappa shape index (κ3) is 2.50. The van der Waals surface area contributed by atoms with Gasteiger partial charge in [0.25, 0.3) is 0 Å². The zero-order valence-corrected chi connectivity index (χ0v) is 11.5. The molecule has 92 valence electrons. The van der Waals surface area contributed by atoms with E-state index in [1.807, 2.05) is 0 Å². The summed E-state index contributed by atoms with van der Waals surface area (Å²) >= 11 is 3.66. The van der Waals surface area contributed by atoms with Gasteiger partial charge in [0.05, 0.1) is 11.3 Å². The number of aliphatic hydroxyl groups is 1. The third-order valence-electron chi connectivity index (χ3n) is 3.82. The monoisotopic (exact) mass is 295 g/mol. The fourth-order valence-corrected chi connectivity index (χ4v) is 3.25. The van der Waals surface area contributed by atoms with Crippen molar-refractivity contribution in [2.45, 2.75) is 37.7 Å². The summed E-state index contributed by atoms with van der Waals surface area (Å²) in [7, 11) is 0. The summed E-state index contributed by atoms with van der Waals surface area (Å²) in [5.74, 6) is 0. The van der Waals surface area contributed by atoms with Crippen LogP contribution < -0.4 is 4.90 Å². The summed E-state index contributed by atoms with van der Waals surface area (Å²) in [5, 5.41) is 9.93. The predicted octanol–water partition coefficient (Wildman–Crippen LogP) is 3.12. The van der Waals surface area contributed by atoms with Gasteiger partial charge in [0.2, 0.25) is 0 Å². The Labute approximate surface area is 111 Å². The molecule has 1 aliphatic heterocycles. The molecule has 0 aromatic heterocycles. The number of nitrogens with zero attached hydrogens (tertiary/aromatic N) is 1. The quantitative estimate of drug-likeness (QED) is 0.926. The Bertz CT molecular complexity index is 422. The van der Waals surface area contributed by atoms with Gasteiger partial charge in [0, 0.05) is 24.0 Å². The summed E-state index contributed by atoms with van der Waals surface area (Å²) in [6, 6.07) is 6.52. The maximum absolute atomic E-state index is 9.93. The van der Waals surface area contributed by atoms with Gasteiger partial charge in [-0.2, -0.15) is 0 Å². The fourth-order valence-electron chi connectivity index (χ4n) is 2.58. The van der Waals surface area contributed by atoms with Crippen LogP contribution in [0.25, 0.3) is 0 Å². The van der Waals surface area contributed by atoms with E-state index in [-0.39, 0.29) is 0 Å². The second-order valence-electron chi connectivity index (χ2n) is 5.38. The first-order chi connectivity index (χ1) is 8.16. The van der Waals surface area contributed by atoms with Crippen molar-refractivity contribution >= 4 is 21.6 Å². The largest absolute Gasteiger partial charge is 0.390 e. The van der Waals surface area contributed by atoms with E-state index in [0.29, 0.717) is 0 Å². The second kappa shape index (κ2) is 4.29. The van der Waals surface area contributed by atoms with Crippen molar-refractivity contribution in [3.63, 3.8) is 0 Å². The lowest BCUT2D eigenvalue weighted by Gasteiger charge is -2.20. The molecule has 1 N–H and O–H groups in total. The van der Waals surface area contributed by atoms with E-state index in [2.05, 4.69) is 39.0 Å². The molecule has 1 heterocycles. The van der Waals surface area contributed by atoms with Gasteiger partial charge >= 0.3 is 0 Å². The van der Waals surface area contributed by atoms with Gasteiger partial charge in [0.1, 0.15) is 0 Å². The molecule has 0 amide bonds. The summed E-state index contributed by atoms with van der Waals surface area (Å²) < 4.78 is 1.17. The smallest absolute Gasteiger partial charge is 0.0690 e. The van der Waals surface area contributed by atoms with E-state index in [4.69, 9.17) is 0 Å². The Morgan fingerprint density at radius 3 is 2.53 bits per heavy atom. The average Bonchev–Trinajstić information content (AvgIpc) is 2.81. The molecule has 0 bridgehead atoms.